The highest BCUT2D eigenvalue weighted by Crippen LogP contribution is 2.41. The van der Waals surface area contributed by atoms with E-state index in [2.05, 4.69) is 40.4 Å². The maximum Gasteiger partial charge on any atom is 0.308 e. The minimum absolute atomic E-state index is 0.0445. The van der Waals surface area contributed by atoms with Crippen molar-refractivity contribution in [3.05, 3.63) is 11.6 Å². The Bertz CT molecular complexity index is 601. The smallest absolute Gasteiger partial charge is 0.308 e. The molecule has 0 spiro atoms. The van der Waals surface area contributed by atoms with Crippen LogP contribution in [0.4, 0.5) is 0 Å². The van der Waals surface area contributed by atoms with E-state index in [0.717, 1.165) is 50.3 Å². The van der Waals surface area contributed by atoms with Crippen molar-refractivity contribution in [1.29, 1.82) is 0 Å². The summed E-state index contributed by atoms with van der Waals surface area (Å²) < 4.78 is 2.28. The number of carboxylic acids is 1. The molecule has 1 N–H and O–H groups in total. The summed E-state index contributed by atoms with van der Waals surface area (Å²) in [5.41, 5.74) is 0.329. The van der Waals surface area contributed by atoms with Crippen LogP contribution in [0.3, 0.4) is 0 Å². The van der Waals surface area contributed by atoms with Gasteiger partial charge in [-0.15, -0.1) is 10.2 Å². The van der Waals surface area contributed by atoms with E-state index in [1.165, 1.54) is 0 Å². The number of rotatable bonds is 6. The quantitative estimate of drug-likeness (QED) is 0.866. The zero-order valence-electron chi connectivity index (χ0n) is 15.3. The van der Waals surface area contributed by atoms with E-state index in [1.807, 2.05) is 7.05 Å². The Kier molecular flexibility index (Phi) is 4.69. The standard InChI is InChI=1S/C18H30N4O2/c1-18(2,3)9-5-6-15-19-20-16(22(15)12-7-8-12)13-10-21(4)11-14(13)17(23)24/h12-14H,5-11H2,1-4H3,(H,23,24)/t13-,14-/m0/s1. The Labute approximate surface area is 144 Å². The first kappa shape index (κ1) is 17.4. The second-order valence-corrected chi connectivity index (χ2v) is 8.76. The molecule has 1 aromatic rings. The summed E-state index contributed by atoms with van der Waals surface area (Å²) in [5, 5.41) is 18.5. The van der Waals surface area contributed by atoms with Gasteiger partial charge in [0.1, 0.15) is 11.6 Å². The molecule has 0 amide bonds. The summed E-state index contributed by atoms with van der Waals surface area (Å²) in [4.78, 5) is 13.7. The number of aromatic nitrogens is 3. The average Bonchev–Trinajstić information content (AvgIpc) is 3.10. The number of likely N-dealkylation sites (tertiary alicyclic amines) is 1. The molecular weight excluding hydrogens is 304 g/mol. The highest BCUT2D eigenvalue weighted by Gasteiger charge is 2.42. The lowest BCUT2D eigenvalue weighted by molar-refractivity contribution is -0.141. The fourth-order valence-corrected chi connectivity index (χ4v) is 3.78. The van der Waals surface area contributed by atoms with E-state index in [1.54, 1.807) is 0 Å². The molecular formula is C18H30N4O2. The van der Waals surface area contributed by atoms with Crippen LogP contribution in [-0.2, 0) is 11.2 Å². The number of hydrogen-bond acceptors (Lipinski definition) is 4. The van der Waals surface area contributed by atoms with Gasteiger partial charge in [-0.1, -0.05) is 20.8 Å². The maximum atomic E-state index is 11.6. The lowest BCUT2D eigenvalue weighted by atomic mass is 9.90. The maximum absolute atomic E-state index is 11.6. The number of aryl methyl sites for hydroxylation is 1. The average molecular weight is 334 g/mol. The molecule has 3 rings (SSSR count). The van der Waals surface area contributed by atoms with E-state index in [9.17, 15) is 9.90 Å². The first-order chi connectivity index (χ1) is 11.3. The molecule has 1 saturated heterocycles. The van der Waals surface area contributed by atoms with Gasteiger partial charge in [0.15, 0.2) is 0 Å². The van der Waals surface area contributed by atoms with Crippen molar-refractivity contribution < 1.29 is 9.90 Å². The number of carbonyl (C=O) groups is 1. The number of aliphatic carboxylic acids is 1. The molecule has 2 fully saturated rings. The Morgan fingerprint density at radius 2 is 1.96 bits per heavy atom. The normalized spacial score (nSPS) is 25.3. The van der Waals surface area contributed by atoms with Crippen LogP contribution in [0.1, 0.15) is 70.1 Å². The Balaban J connectivity index is 1.80. The summed E-state index contributed by atoms with van der Waals surface area (Å²) in [5.74, 6) is 0.815. The van der Waals surface area contributed by atoms with Crippen LogP contribution in [0, 0.1) is 11.3 Å². The summed E-state index contributed by atoms with van der Waals surface area (Å²) in [6.07, 6.45) is 5.52. The minimum atomic E-state index is -0.719. The molecule has 1 saturated carbocycles. The largest absolute Gasteiger partial charge is 0.481 e. The van der Waals surface area contributed by atoms with Crippen molar-refractivity contribution in [2.75, 3.05) is 20.1 Å². The van der Waals surface area contributed by atoms with E-state index >= 15 is 0 Å². The molecule has 0 aromatic carbocycles. The SMILES string of the molecule is CN1C[C@H](C(=O)O)[C@@H](c2nnc(CCCC(C)(C)C)n2C2CC2)C1. The molecule has 1 aliphatic heterocycles. The molecule has 0 unspecified atom stereocenters. The predicted octanol–water partition coefficient (Wildman–Crippen LogP) is 2.71. The van der Waals surface area contributed by atoms with Crippen LogP contribution < -0.4 is 0 Å². The highest BCUT2D eigenvalue weighted by atomic mass is 16.4. The Morgan fingerprint density at radius 1 is 1.25 bits per heavy atom. The summed E-state index contributed by atoms with van der Waals surface area (Å²) >= 11 is 0. The second-order valence-electron chi connectivity index (χ2n) is 8.76. The molecule has 134 valence electrons. The monoisotopic (exact) mass is 334 g/mol. The van der Waals surface area contributed by atoms with Crippen LogP contribution in [0.5, 0.6) is 0 Å². The summed E-state index contributed by atoms with van der Waals surface area (Å²) in [6, 6.07) is 0.486. The molecule has 2 atom stereocenters. The van der Waals surface area contributed by atoms with Gasteiger partial charge in [0.25, 0.3) is 0 Å². The Hall–Kier alpha value is -1.43. The van der Waals surface area contributed by atoms with Crippen molar-refractivity contribution in [1.82, 2.24) is 19.7 Å². The van der Waals surface area contributed by atoms with Gasteiger partial charge >= 0.3 is 5.97 Å². The molecule has 0 bridgehead atoms. The fourth-order valence-electron chi connectivity index (χ4n) is 3.78. The van der Waals surface area contributed by atoms with Crippen molar-refractivity contribution >= 4 is 5.97 Å². The van der Waals surface area contributed by atoms with E-state index in [-0.39, 0.29) is 11.8 Å². The minimum Gasteiger partial charge on any atom is -0.481 e. The van der Waals surface area contributed by atoms with Crippen molar-refractivity contribution in [2.45, 2.75) is 64.8 Å². The van der Waals surface area contributed by atoms with Crippen molar-refractivity contribution in [3.63, 3.8) is 0 Å². The zero-order chi connectivity index (χ0) is 17.5. The molecule has 0 radical (unpaired) electrons. The summed E-state index contributed by atoms with van der Waals surface area (Å²) in [7, 11) is 1.98. The van der Waals surface area contributed by atoms with Gasteiger partial charge in [0.05, 0.1) is 5.92 Å². The molecule has 2 aliphatic rings. The van der Waals surface area contributed by atoms with Gasteiger partial charge in [-0.05, 0) is 38.1 Å². The number of carboxylic acid groups (broad SMARTS) is 1. The third kappa shape index (κ3) is 3.79. The van der Waals surface area contributed by atoms with Crippen LogP contribution in [0.25, 0.3) is 0 Å². The van der Waals surface area contributed by atoms with E-state index in [0.29, 0.717) is 18.0 Å². The van der Waals surface area contributed by atoms with E-state index < -0.39 is 5.97 Å². The number of likely N-dealkylation sites (N-methyl/N-ethyl adjacent to an activating group) is 1. The third-order valence-electron chi connectivity index (χ3n) is 5.18. The third-order valence-corrected chi connectivity index (χ3v) is 5.18. The zero-order valence-corrected chi connectivity index (χ0v) is 15.3. The molecule has 6 nitrogen and oxygen atoms in total. The van der Waals surface area contributed by atoms with Crippen LogP contribution >= 0.6 is 0 Å². The predicted molar refractivity (Wildman–Crippen MR) is 92.0 cm³/mol. The topological polar surface area (TPSA) is 71.2 Å². The van der Waals surface area contributed by atoms with Gasteiger partial charge in [0.2, 0.25) is 0 Å². The van der Waals surface area contributed by atoms with Crippen molar-refractivity contribution in [3.8, 4) is 0 Å². The Morgan fingerprint density at radius 3 is 2.54 bits per heavy atom. The van der Waals surface area contributed by atoms with Gasteiger partial charge in [0, 0.05) is 31.5 Å². The highest BCUT2D eigenvalue weighted by molar-refractivity contribution is 5.72. The summed E-state index contributed by atoms with van der Waals surface area (Å²) in [6.45, 7) is 8.13. The lowest BCUT2D eigenvalue weighted by Gasteiger charge is -2.19. The second kappa shape index (κ2) is 6.47. The van der Waals surface area contributed by atoms with Gasteiger partial charge in [-0.2, -0.15) is 0 Å². The molecule has 6 heteroatoms. The first-order valence-corrected chi connectivity index (χ1v) is 9.11. The van der Waals surface area contributed by atoms with Crippen LogP contribution in [0.15, 0.2) is 0 Å². The fraction of sp³-hybridized carbons (Fsp3) is 0.833. The lowest BCUT2D eigenvalue weighted by Crippen LogP contribution is -2.23. The van der Waals surface area contributed by atoms with Gasteiger partial charge in [-0.25, -0.2) is 0 Å². The molecule has 1 aromatic heterocycles. The van der Waals surface area contributed by atoms with Gasteiger partial charge < -0.3 is 14.6 Å². The molecule has 1 aliphatic carbocycles. The van der Waals surface area contributed by atoms with Crippen molar-refractivity contribution in [2.24, 2.45) is 11.3 Å². The van der Waals surface area contributed by atoms with E-state index in [4.69, 9.17) is 0 Å². The van der Waals surface area contributed by atoms with Crippen LogP contribution in [0.2, 0.25) is 0 Å². The first-order valence-electron chi connectivity index (χ1n) is 9.11. The molecule has 24 heavy (non-hydrogen) atoms. The van der Waals surface area contributed by atoms with Gasteiger partial charge in [-0.3, -0.25) is 4.79 Å². The van der Waals surface area contributed by atoms with Crippen LogP contribution in [-0.4, -0.2) is 50.9 Å². The molecule has 2 heterocycles. The number of hydrogen-bond donors (Lipinski definition) is 1. The number of nitrogens with zero attached hydrogens (tertiary/aromatic N) is 4.